The number of hydrogen-bond acceptors (Lipinski definition) is 4. The molecule has 0 aliphatic heterocycles. The van der Waals surface area contributed by atoms with Gasteiger partial charge in [-0.3, -0.25) is 9.55 Å². The smallest absolute Gasteiger partial charge is 0.196 e. The van der Waals surface area contributed by atoms with Crippen molar-refractivity contribution in [1.82, 2.24) is 19.7 Å². The number of halogens is 2. The van der Waals surface area contributed by atoms with E-state index in [-0.39, 0.29) is 0 Å². The van der Waals surface area contributed by atoms with Crippen LogP contribution in [-0.2, 0) is 18.6 Å². The Balaban J connectivity index is 1.86. The Bertz CT molecular complexity index is 1150. The van der Waals surface area contributed by atoms with Gasteiger partial charge in [0.05, 0.1) is 5.69 Å². The third-order valence-corrected chi connectivity index (χ3v) is 6.81. The zero-order chi connectivity index (χ0) is 21.8. The fourth-order valence-corrected chi connectivity index (χ4v) is 5.24. The van der Waals surface area contributed by atoms with Gasteiger partial charge in [-0.25, -0.2) is 0 Å². The summed E-state index contributed by atoms with van der Waals surface area (Å²) in [6.07, 6.45) is 5.40. The van der Waals surface area contributed by atoms with Gasteiger partial charge in [0.25, 0.3) is 0 Å². The summed E-state index contributed by atoms with van der Waals surface area (Å²) in [7, 11) is 0. The largest absolute Gasteiger partial charge is 0.269 e. The van der Waals surface area contributed by atoms with Crippen LogP contribution >= 0.6 is 35.0 Å². The van der Waals surface area contributed by atoms with Gasteiger partial charge in [-0.2, -0.15) is 0 Å². The summed E-state index contributed by atoms with van der Waals surface area (Å²) in [4.78, 5) is 4.28. The van der Waals surface area contributed by atoms with Crippen molar-refractivity contribution >= 4 is 35.0 Å². The Morgan fingerprint density at radius 3 is 2.16 bits per heavy atom. The van der Waals surface area contributed by atoms with Crippen molar-refractivity contribution in [2.45, 2.75) is 37.6 Å². The SMILES string of the molecule is CCc1cccc(CC)c1-n1c(SCc2c(Cl)cccc2Cl)nnc1-c1cccnc1. The second-order valence-electron chi connectivity index (χ2n) is 7.00. The minimum Gasteiger partial charge on any atom is -0.269 e. The summed E-state index contributed by atoms with van der Waals surface area (Å²) < 4.78 is 2.16. The average molecular weight is 469 g/mol. The van der Waals surface area contributed by atoms with Crippen LogP contribution in [0.4, 0.5) is 0 Å². The molecule has 0 aliphatic rings. The second kappa shape index (κ2) is 9.86. The molecule has 2 aromatic heterocycles. The minimum absolute atomic E-state index is 0.597. The lowest BCUT2D eigenvalue weighted by atomic mass is 10.0. The number of benzene rings is 2. The summed E-state index contributed by atoms with van der Waals surface area (Å²) in [5, 5.41) is 11.2. The van der Waals surface area contributed by atoms with Gasteiger partial charge >= 0.3 is 0 Å². The van der Waals surface area contributed by atoms with E-state index in [4.69, 9.17) is 23.2 Å². The first-order valence-corrected chi connectivity index (χ1v) is 11.9. The zero-order valence-electron chi connectivity index (χ0n) is 17.3. The third-order valence-electron chi connectivity index (χ3n) is 5.15. The van der Waals surface area contributed by atoms with Crippen LogP contribution in [0, 0.1) is 0 Å². The molecule has 158 valence electrons. The molecular formula is C24H22Cl2N4S. The van der Waals surface area contributed by atoms with Crippen molar-refractivity contribution in [3.63, 3.8) is 0 Å². The van der Waals surface area contributed by atoms with Gasteiger partial charge in [-0.05, 0) is 53.8 Å². The summed E-state index contributed by atoms with van der Waals surface area (Å²) in [5.41, 5.74) is 5.46. The Morgan fingerprint density at radius 1 is 0.871 bits per heavy atom. The topological polar surface area (TPSA) is 43.6 Å². The van der Waals surface area contributed by atoms with Crippen LogP contribution < -0.4 is 0 Å². The first kappa shape index (κ1) is 21.9. The number of rotatable bonds is 7. The zero-order valence-corrected chi connectivity index (χ0v) is 19.7. The van der Waals surface area contributed by atoms with Crippen LogP contribution in [-0.4, -0.2) is 19.7 Å². The maximum absolute atomic E-state index is 6.40. The molecule has 0 fully saturated rings. The summed E-state index contributed by atoms with van der Waals surface area (Å²) in [6, 6.07) is 15.9. The molecule has 4 aromatic rings. The third kappa shape index (κ3) is 4.49. The predicted octanol–water partition coefficient (Wildman–Crippen LogP) is 7.05. The van der Waals surface area contributed by atoms with Crippen molar-refractivity contribution in [3.05, 3.63) is 87.7 Å². The molecular weight excluding hydrogens is 447 g/mol. The van der Waals surface area contributed by atoms with Crippen molar-refractivity contribution in [1.29, 1.82) is 0 Å². The Hall–Kier alpha value is -2.34. The molecule has 0 amide bonds. The van der Waals surface area contributed by atoms with Gasteiger partial charge in [-0.15, -0.1) is 10.2 Å². The molecule has 0 N–H and O–H groups in total. The summed E-state index contributed by atoms with van der Waals surface area (Å²) in [5.74, 6) is 1.37. The maximum Gasteiger partial charge on any atom is 0.196 e. The number of hydrogen-bond donors (Lipinski definition) is 0. The van der Waals surface area contributed by atoms with Crippen LogP contribution in [0.2, 0.25) is 10.0 Å². The Morgan fingerprint density at radius 2 is 1.55 bits per heavy atom. The van der Waals surface area contributed by atoms with E-state index in [1.165, 1.54) is 11.1 Å². The van der Waals surface area contributed by atoms with Crippen molar-refractivity contribution in [2.75, 3.05) is 0 Å². The van der Waals surface area contributed by atoms with E-state index in [1.807, 2.05) is 36.5 Å². The fourth-order valence-electron chi connectivity index (χ4n) is 3.56. The molecule has 0 radical (unpaired) electrons. The monoisotopic (exact) mass is 468 g/mol. The molecule has 0 saturated carbocycles. The van der Waals surface area contributed by atoms with Crippen LogP contribution in [0.15, 0.2) is 66.1 Å². The number of aryl methyl sites for hydroxylation is 2. The highest BCUT2D eigenvalue weighted by Crippen LogP contribution is 2.35. The number of aromatic nitrogens is 4. The molecule has 0 aliphatic carbocycles. The molecule has 0 saturated heterocycles. The van der Waals surface area contributed by atoms with Crippen molar-refractivity contribution < 1.29 is 0 Å². The molecule has 4 nitrogen and oxygen atoms in total. The predicted molar refractivity (Wildman–Crippen MR) is 129 cm³/mol. The molecule has 0 atom stereocenters. The fraction of sp³-hybridized carbons (Fsp3) is 0.208. The number of thioether (sulfide) groups is 1. The molecule has 2 heterocycles. The highest BCUT2D eigenvalue weighted by atomic mass is 35.5. The molecule has 2 aromatic carbocycles. The van der Waals surface area contributed by atoms with Crippen LogP contribution in [0.1, 0.15) is 30.5 Å². The number of pyridine rings is 1. The Labute approximate surface area is 196 Å². The minimum atomic E-state index is 0.597. The van der Waals surface area contributed by atoms with Gasteiger partial charge in [0.1, 0.15) is 0 Å². The van der Waals surface area contributed by atoms with Gasteiger partial charge in [0, 0.05) is 33.8 Å². The quantitative estimate of drug-likeness (QED) is 0.272. The van der Waals surface area contributed by atoms with Crippen LogP contribution in [0.5, 0.6) is 0 Å². The normalized spacial score (nSPS) is 11.1. The molecule has 0 spiro atoms. The average Bonchev–Trinajstić information content (AvgIpc) is 3.22. The van der Waals surface area contributed by atoms with E-state index in [0.717, 1.165) is 40.6 Å². The van der Waals surface area contributed by atoms with Gasteiger partial charge < -0.3 is 0 Å². The number of para-hydroxylation sites is 1. The molecule has 31 heavy (non-hydrogen) atoms. The first-order valence-electron chi connectivity index (χ1n) is 10.2. The van der Waals surface area contributed by atoms with E-state index >= 15 is 0 Å². The van der Waals surface area contributed by atoms with E-state index < -0.39 is 0 Å². The van der Waals surface area contributed by atoms with Gasteiger partial charge in [0.15, 0.2) is 11.0 Å². The summed E-state index contributed by atoms with van der Waals surface area (Å²) >= 11 is 14.4. The Kier molecular flexibility index (Phi) is 6.96. The van der Waals surface area contributed by atoms with Crippen molar-refractivity contribution in [2.24, 2.45) is 0 Å². The molecule has 4 rings (SSSR count). The lowest BCUT2D eigenvalue weighted by Crippen LogP contribution is -2.07. The van der Waals surface area contributed by atoms with E-state index in [1.54, 1.807) is 18.0 Å². The van der Waals surface area contributed by atoms with Crippen molar-refractivity contribution in [3.8, 4) is 17.1 Å². The van der Waals surface area contributed by atoms with E-state index in [0.29, 0.717) is 15.8 Å². The van der Waals surface area contributed by atoms with Gasteiger partial charge in [-0.1, -0.05) is 73.1 Å². The maximum atomic E-state index is 6.40. The highest BCUT2D eigenvalue weighted by molar-refractivity contribution is 7.98. The highest BCUT2D eigenvalue weighted by Gasteiger charge is 2.21. The van der Waals surface area contributed by atoms with Crippen LogP contribution in [0.3, 0.4) is 0 Å². The molecule has 0 unspecified atom stereocenters. The lowest BCUT2D eigenvalue weighted by Gasteiger charge is -2.18. The van der Waals surface area contributed by atoms with Crippen LogP contribution in [0.25, 0.3) is 17.1 Å². The lowest BCUT2D eigenvalue weighted by molar-refractivity contribution is 0.857. The van der Waals surface area contributed by atoms with Gasteiger partial charge in [0.2, 0.25) is 0 Å². The number of nitrogens with zero attached hydrogens (tertiary/aromatic N) is 4. The molecule has 7 heteroatoms. The molecule has 0 bridgehead atoms. The standard InChI is InChI=1S/C24H22Cl2N4S/c1-3-16-8-5-9-17(4-2)22(16)30-23(18-10-7-13-27-14-18)28-29-24(30)31-15-19-20(25)11-6-12-21(19)26/h5-14H,3-4,15H2,1-2H3. The second-order valence-corrected chi connectivity index (χ2v) is 8.76. The first-order chi connectivity index (χ1) is 15.1. The van der Waals surface area contributed by atoms with E-state index in [2.05, 4.69) is 51.8 Å². The van der Waals surface area contributed by atoms with E-state index in [9.17, 15) is 0 Å². The summed E-state index contributed by atoms with van der Waals surface area (Å²) in [6.45, 7) is 4.34.